The van der Waals surface area contributed by atoms with Gasteiger partial charge in [0, 0.05) is 34.6 Å². The molecule has 150 valence electrons. The molecule has 3 aromatic rings. The second-order valence-corrected chi connectivity index (χ2v) is 8.49. The number of aryl methyl sites for hydroxylation is 1. The molecule has 0 radical (unpaired) electrons. The number of carbonyl (C=O) groups is 1. The standard InChI is InChI=1S/C25H22ClN3O/c1-15-8-18(6-7-27-15)25-23-11-21-14-29(16(2)17-4-3-5-22(26)10-17)24(30)12-19(21)9-20(23)13-28-25/h3-11,16H,12-14H2,1-2H3/t16-/m1/s1. The van der Waals surface area contributed by atoms with Crippen LogP contribution in [0.2, 0.25) is 5.02 Å². The first-order valence-corrected chi connectivity index (χ1v) is 10.5. The lowest BCUT2D eigenvalue weighted by molar-refractivity contribution is -0.134. The maximum atomic E-state index is 12.9. The van der Waals surface area contributed by atoms with Crippen molar-refractivity contribution in [2.24, 2.45) is 4.99 Å². The van der Waals surface area contributed by atoms with Crippen LogP contribution in [0.4, 0.5) is 0 Å². The molecule has 0 saturated heterocycles. The molecule has 0 N–H and O–H groups in total. The predicted octanol–water partition coefficient (Wildman–Crippen LogP) is 5.04. The van der Waals surface area contributed by atoms with Crippen LogP contribution in [-0.2, 0) is 24.3 Å². The van der Waals surface area contributed by atoms with Crippen molar-refractivity contribution in [2.45, 2.75) is 39.4 Å². The molecule has 0 fully saturated rings. The molecule has 0 bridgehead atoms. The average molecular weight is 416 g/mol. The quantitative estimate of drug-likeness (QED) is 0.601. The predicted molar refractivity (Wildman–Crippen MR) is 119 cm³/mol. The van der Waals surface area contributed by atoms with Gasteiger partial charge in [0.15, 0.2) is 0 Å². The highest BCUT2D eigenvalue weighted by Crippen LogP contribution is 2.33. The van der Waals surface area contributed by atoms with Crippen molar-refractivity contribution in [3.63, 3.8) is 0 Å². The molecule has 5 rings (SSSR count). The number of carbonyl (C=O) groups excluding carboxylic acids is 1. The van der Waals surface area contributed by atoms with Gasteiger partial charge in [-0.1, -0.05) is 29.8 Å². The molecule has 0 saturated carbocycles. The second kappa shape index (κ2) is 7.37. The van der Waals surface area contributed by atoms with E-state index in [0.29, 0.717) is 24.5 Å². The van der Waals surface area contributed by atoms with E-state index in [0.717, 1.165) is 28.1 Å². The first-order chi connectivity index (χ1) is 14.5. The van der Waals surface area contributed by atoms with E-state index in [9.17, 15) is 4.79 Å². The summed E-state index contributed by atoms with van der Waals surface area (Å²) in [5, 5.41) is 0.690. The van der Waals surface area contributed by atoms with Gasteiger partial charge in [0.05, 0.1) is 24.7 Å². The zero-order valence-electron chi connectivity index (χ0n) is 17.0. The highest BCUT2D eigenvalue weighted by atomic mass is 35.5. The fraction of sp³-hybridized carbons (Fsp3) is 0.240. The lowest BCUT2D eigenvalue weighted by atomic mass is 9.90. The molecule has 30 heavy (non-hydrogen) atoms. The summed E-state index contributed by atoms with van der Waals surface area (Å²) in [6.45, 7) is 5.32. The number of benzene rings is 2. The number of nitrogens with zero attached hydrogens (tertiary/aromatic N) is 3. The van der Waals surface area contributed by atoms with Gasteiger partial charge in [0.25, 0.3) is 0 Å². The van der Waals surface area contributed by atoms with Crippen LogP contribution in [0.5, 0.6) is 0 Å². The van der Waals surface area contributed by atoms with Crippen LogP contribution >= 0.6 is 11.6 Å². The van der Waals surface area contributed by atoms with E-state index < -0.39 is 0 Å². The van der Waals surface area contributed by atoms with Crippen molar-refractivity contribution < 1.29 is 4.79 Å². The lowest BCUT2D eigenvalue weighted by Crippen LogP contribution is -2.38. The Morgan fingerprint density at radius 2 is 1.93 bits per heavy atom. The van der Waals surface area contributed by atoms with Crippen LogP contribution in [-0.4, -0.2) is 21.5 Å². The number of amides is 1. The van der Waals surface area contributed by atoms with Crippen LogP contribution in [0.1, 0.15) is 52.0 Å². The third-order valence-electron chi connectivity index (χ3n) is 6.06. The molecular formula is C25H22ClN3O. The minimum Gasteiger partial charge on any atom is -0.331 e. The Morgan fingerprint density at radius 3 is 2.73 bits per heavy atom. The Labute approximate surface area is 181 Å². The Hall–Kier alpha value is -2.98. The van der Waals surface area contributed by atoms with Crippen molar-refractivity contribution >= 4 is 23.2 Å². The summed E-state index contributed by atoms with van der Waals surface area (Å²) in [6.07, 6.45) is 2.26. The van der Waals surface area contributed by atoms with E-state index in [-0.39, 0.29) is 11.9 Å². The number of pyridine rings is 1. The number of fused-ring (bicyclic) bond motifs is 2. The number of aliphatic imine (C=N–C) groups is 1. The molecule has 0 unspecified atom stereocenters. The van der Waals surface area contributed by atoms with Gasteiger partial charge in [-0.3, -0.25) is 14.8 Å². The van der Waals surface area contributed by atoms with Crippen LogP contribution in [0.3, 0.4) is 0 Å². The molecule has 0 aliphatic carbocycles. The second-order valence-electron chi connectivity index (χ2n) is 8.06. The average Bonchev–Trinajstić information content (AvgIpc) is 3.14. The summed E-state index contributed by atoms with van der Waals surface area (Å²) in [7, 11) is 0. The van der Waals surface area contributed by atoms with Gasteiger partial charge in [0.2, 0.25) is 5.91 Å². The van der Waals surface area contributed by atoms with Gasteiger partial charge in [-0.05, 0) is 66.4 Å². The zero-order valence-corrected chi connectivity index (χ0v) is 17.8. The van der Waals surface area contributed by atoms with E-state index >= 15 is 0 Å². The smallest absolute Gasteiger partial charge is 0.227 e. The summed E-state index contributed by atoms with van der Waals surface area (Å²) in [5.41, 5.74) is 8.83. The van der Waals surface area contributed by atoms with Crippen molar-refractivity contribution in [2.75, 3.05) is 0 Å². The summed E-state index contributed by atoms with van der Waals surface area (Å²) >= 11 is 6.17. The first-order valence-electron chi connectivity index (χ1n) is 10.2. The lowest BCUT2D eigenvalue weighted by Gasteiger charge is -2.34. The summed E-state index contributed by atoms with van der Waals surface area (Å²) in [6, 6.07) is 16.2. The number of halogens is 1. The molecule has 1 amide bonds. The van der Waals surface area contributed by atoms with Crippen LogP contribution in [0.25, 0.3) is 0 Å². The Kier molecular flexibility index (Phi) is 4.67. The van der Waals surface area contributed by atoms with Gasteiger partial charge in [0.1, 0.15) is 0 Å². The largest absolute Gasteiger partial charge is 0.331 e. The molecule has 2 aromatic carbocycles. The molecule has 1 aromatic heterocycles. The fourth-order valence-electron chi connectivity index (χ4n) is 4.43. The molecule has 2 aliphatic rings. The summed E-state index contributed by atoms with van der Waals surface area (Å²) < 4.78 is 0. The molecule has 3 heterocycles. The van der Waals surface area contributed by atoms with Crippen molar-refractivity contribution in [3.05, 3.63) is 98.8 Å². The number of hydrogen-bond donors (Lipinski definition) is 0. The van der Waals surface area contributed by atoms with Gasteiger partial charge in [-0.2, -0.15) is 0 Å². The third-order valence-corrected chi connectivity index (χ3v) is 6.29. The van der Waals surface area contributed by atoms with Gasteiger partial charge >= 0.3 is 0 Å². The van der Waals surface area contributed by atoms with Gasteiger partial charge in [-0.25, -0.2) is 0 Å². The van der Waals surface area contributed by atoms with Crippen LogP contribution < -0.4 is 0 Å². The molecule has 4 nitrogen and oxygen atoms in total. The summed E-state index contributed by atoms with van der Waals surface area (Å²) in [4.78, 5) is 24.0. The van der Waals surface area contributed by atoms with E-state index in [4.69, 9.17) is 16.6 Å². The minimum absolute atomic E-state index is 0.0337. The summed E-state index contributed by atoms with van der Waals surface area (Å²) in [5.74, 6) is 0.152. The van der Waals surface area contributed by atoms with E-state index in [1.807, 2.05) is 48.4 Å². The molecule has 0 spiro atoms. The fourth-order valence-corrected chi connectivity index (χ4v) is 4.63. The van der Waals surface area contributed by atoms with Crippen molar-refractivity contribution in [1.82, 2.24) is 9.88 Å². The van der Waals surface area contributed by atoms with Crippen LogP contribution in [0.15, 0.2) is 59.7 Å². The van der Waals surface area contributed by atoms with E-state index in [1.165, 1.54) is 16.7 Å². The molecular weight excluding hydrogens is 394 g/mol. The van der Waals surface area contributed by atoms with Crippen molar-refractivity contribution in [1.29, 1.82) is 0 Å². The zero-order chi connectivity index (χ0) is 20.8. The Balaban J connectivity index is 1.49. The van der Waals surface area contributed by atoms with E-state index in [2.05, 4.69) is 30.1 Å². The topological polar surface area (TPSA) is 45.6 Å². The van der Waals surface area contributed by atoms with Crippen molar-refractivity contribution in [3.8, 4) is 0 Å². The number of rotatable bonds is 3. The third kappa shape index (κ3) is 3.31. The molecule has 5 heteroatoms. The monoisotopic (exact) mass is 415 g/mol. The molecule has 2 aliphatic heterocycles. The Morgan fingerprint density at radius 1 is 1.07 bits per heavy atom. The van der Waals surface area contributed by atoms with Gasteiger partial charge in [-0.15, -0.1) is 0 Å². The number of aromatic nitrogens is 1. The molecule has 1 atom stereocenters. The SMILES string of the molecule is Cc1cc(C2=NCc3cc4c(cc32)CN([C@H](C)c2cccc(Cl)c2)C(=O)C4)ccn1. The van der Waals surface area contributed by atoms with E-state index in [1.54, 1.807) is 0 Å². The number of hydrogen-bond acceptors (Lipinski definition) is 3. The van der Waals surface area contributed by atoms with Crippen LogP contribution in [0, 0.1) is 6.92 Å². The maximum Gasteiger partial charge on any atom is 0.227 e. The highest BCUT2D eigenvalue weighted by Gasteiger charge is 2.30. The highest BCUT2D eigenvalue weighted by molar-refractivity contribution is 6.30. The first kappa shape index (κ1) is 19.0. The minimum atomic E-state index is -0.0337. The van der Waals surface area contributed by atoms with Gasteiger partial charge < -0.3 is 4.90 Å². The normalized spacial score (nSPS) is 16.2. The Bertz CT molecular complexity index is 1200. The maximum absolute atomic E-state index is 12.9.